The molecule has 0 saturated carbocycles. The molecule has 0 aliphatic carbocycles. The van der Waals surface area contributed by atoms with Gasteiger partial charge in [0.25, 0.3) is 0 Å². The average Bonchev–Trinajstić information content (AvgIpc) is 2.10. The van der Waals surface area contributed by atoms with E-state index in [0.717, 1.165) is 6.42 Å². The summed E-state index contributed by atoms with van der Waals surface area (Å²) in [5.74, 6) is -1.28. The molecule has 0 aromatic heterocycles. The van der Waals surface area contributed by atoms with E-state index in [9.17, 15) is 4.79 Å². The third kappa shape index (κ3) is 7.50. The van der Waals surface area contributed by atoms with Gasteiger partial charge in [-0.15, -0.1) is 0 Å². The van der Waals surface area contributed by atoms with Crippen LogP contribution in [0.5, 0.6) is 0 Å². The van der Waals surface area contributed by atoms with Crippen LogP contribution in [0.25, 0.3) is 0 Å². The van der Waals surface area contributed by atoms with Gasteiger partial charge in [0.2, 0.25) is 5.79 Å². The molecule has 0 amide bonds. The molecule has 5 heteroatoms. The van der Waals surface area contributed by atoms with Crippen LogP contribution in [0, 0.1) is 5.41 Å². The average molecular weight is 262 g/mol. The van der Waals surface area contributed by atoms with E-state index < -0.39 is 17.5 Å². The molecule has 0 aromatic rings. The number of carboxylic acid groups (broad SMARTS) is 1. The van der Waals surface area contributed by atoms with Crippen LogP contribution in [0.15, 0.2) is 0 Å². The summed E-state index contributed by atoms with van der Waals surface area (Å²) in [6, 6.07) is 0. The molecule has 0 fully saturated rings. The highest BCUT2D eigenvalue weighted by molar-refractivity contribution is 5.57. The molecule has 0 spiro atoms. The van der Waals surface area contributed by atoms with Gasteiger partial charge in [0, 0.05) is 13.3 Å². The van der Waals surface area contributed by atoms with Gasteiger partial charge in [0.05, 0.1) is 5.60 Å². The number of carbonyl (C=O) groups is 1. The first-order valence-electron chi connectivity index (χ1n) is 6.18. The van der Waals surface area contributed by atoms with Crippen molar-refractivity contribution >= 4 is 6.16 Å². The molecule has 1 N–H and O–H groups in total. The maximum Gasteiger partial charge on any atom is 0.508 e. The largest absolute Gasteiger partial charge is 0.508 e. The van der Waals surface area contributed by atoms with Gasteiger partial charge in [0.15, 0.2) is 0 Å². The van der Waals surface area contributed by atoms with Crippen LogP contribution in [-0.4, -0.2) is 22.7 Å². The Bertz CT molecular complexity index is 280. The summed E-state index contributed by atoms with van der Waals surface area (Å²) in [6.45, 7) is 13.4. The van der Waals surface area contributed by atoms with Crippen molar-refractivity contribution in [1.82, 2.24) is 0 Å². The standard InChI is InChI=1S/C13H26O5/c1-8-13(7,16-10(14)15)18-17-12(5,6)9-11(2,3)4/h8-9H2,1-7H3,(H,14,15). The number of hydrogen-bond donors (Lipinski definition) is 1. The van der Waals surface area contributed by atoms with Crippen molar-refractivity contribution in [3.8, 4) is 0 Å². The molecule has 0 radical (unpaired) electrons. The summed E-state index contributed by atoms with van der Waals surface area (Å²) in [5, 5.41) is 8.64. The van der Waals surface area contributed by atoms with Crippen molar-refractivity contribution in [3.05, 3.63) is 0 Å². The lowest BCUT2D eigenvalue weighted by atomic mass is 9.84. The summed E-state index contributed by atoms with van der Waals surface area (Å²) in [6.07, 6.45) is -0.241. The predicted octanol–water partition coefficient (Wildman–Crippen LogP) is 3.97. The molecule has 0 heterocycles. The fraction of sp³-hybridized carbons (Fsp3) is 0.923. The molecule has 0 bridgehead atoms. The second kappa shape index (κ2) is 5.89. The van der Waals surface area contributed by atoms with E-state index in [1.807, 2.05) is 13.8 Å². The lowest BCUT2D eigenvalue weighted by Crippen LogP contribution is -2.39. The minimum absolute atomic E-state index is 0.0864. The van der Waals surface area contributed by atoms with E-state index in [1.165, 1.54) is 6.92 Å². The zero-order chi connectivity index (χ0) is 14.6. The van der Waals surface area contributed by atoms with Crippen LogP contribution in [0.2, 0.25) is 0 Å². The van der Waals surface area contributed by atoms with E-state index >= 15 is 0 Å². The molecule has 0 aliphatic heterocycles. The lowest BCUT2D eigenvalue weighted by Gasteiger charge is -2.34. The Morgan fingerprint density at radius 1 is 1.06 bits per heavy atom. The van der Waals surface area contributed by atoms with E-state index in [2.05, 4.69) is 25.5 Å². The highest BCUT2D eigenvalue weighted by atomic mass is 17.2. The van der Waals surface area contributed by atoms with E-state index in [4.69, 9.17) is 14.9 Å². The molecule has 0 saturated heterocycles. The number of rotatable bonds is 6. The zero-order valence-electron chi connectivity index (χ0n) is 12.5. The van der Waals surface area contributed by atoms with Crippen LogP contribution in [0.3, 0.4) is 0 Å². The van der Waals surface area contributed by atoms with Crippen molar-refractivity contribution in [2.45, 2.75) is 72.7 Å². The summed E-state index contributed by atoms with van der Waals surface area (Å²) >= 11 is 0. The maximum atomic E-state index is 10.6. The second-order valence-corrected chi connectivity index (χ2v) is 6.52. The Morgan fingerprint density at radius 3 is 1.89 bits per heavy atom. The van der Waals surface area contributed by atoms with Crippen molar-refractivity contribution in [2.24, 2.45) is 5.41 Å². The fourth-order valence-electron chi connectivity index (χ4n) is 1.84. The van der Waals surface area contributed by atoms with Crippen molar-refractivity contribution in [3.63, 3.8) is 0 Å². The van der Waals surface area contributed by atoms with Gasteiger partial charge in [-0.1, -0.05) is 27.7 Å². The predicted molar refractivity (Wildman–Crippen MR) is 68.1 cm³/mol. The van der Waals surface area contributed by atoms with Crippen LogP contribution in [-0.2, 0) is 14.5 Å². The fourth-order valence-corrected chi connectivity index (χ4v) is 1.84. The van der Waals surface area contributed by atoms with Gasteiger partial charge in [-0.25, -0.2) is 9.68 Å². The summed E-state index contributed by atoms with van der Waals surface area (Å²) in [4.78, 5) is 21.1. The first kappa shape index (κ1) is 17.2. The monoisotopic (exact) mass is 262 g/mol. The normalized spacial score (nSPS) is 16.2. The quantitative estimate of drug-likeness (QED) is 0.339. The molecule has 0 rings (SSSR count). The molecular formula is C13H26O5. The smallest absolute Gasteiger partial charge is 0.450 e. The molecule has 0 aromatic carbocycles. The summed E-state index contributed by atoms with van der Waals surface area (Å²) in [5.41, 5.74) is -0.431. The molecular weight excluding hydrogens is 236 g/mol. The highest BCUT2D eigenvalue weighted by Gasteiger charge is 2.34. The maximum absolute atomic E-state index is 10.6. The molecule has 18 heavy (non-hydrogen) atoms. The third-order valence-corrected chi connectivity index (χ3v) is 2.35. The minimum atomic E-state index is -1.38. The Morgan fingerprint density at radius 2 is 1.56 bits per heavy atom. The van der Waals surface area contributed by atoms with E-state index in [0.29, 0.717) is 6.42 Å². The third-order valence-electron chi connectivity index (χ3n) is 2.35. The minimum Gasteiger partial charge on any atom is -0.450 e. The Balaban J connectivity index is 4.48. The molecule has 1 unspecified atom stereocenters. The van der Waals surface area contributed by atoms with Crippen LogP contribution in [0.1, 0.15) is 61.3 Å². The van der Waals surface area contributed by atoms with Gasteiger partial charge in [-0.3, -0.25) is 0 Å². The lowest BCUT2D eigenvalue weighted by molar-refractivity contribution is -0.451. The Labute approximate surface area is 109 Å². The zero-order valence-corrected chi connectivity index (χ0v) is 12.5. The molecule has 1 atom stereocenters. The van der Waals surface area contributed by atoms with Crippen molar-refractivity contribution < 1.29 is 24.4 Å². The number of ether oxygens (including phenoxy) is 1. The van der Waals surface area contributed by atoms with E-state index in [-0.39, 0.29) is 5.41 Å². The number of hydrogen-bond acceptors (Lipinski definition) is 4. The Kier molecular flexibility index (Phi) is 5.62. The van der Waals surface area contributed by atoms with Crippen molar-refractivity contribution in [1.29, 1.82) is 0 Å². The van der Waals surface area contributed by atoms with Crippen LogP contribution >= 0.6 is 0 Å². The van der Waals surface area contributed by atoms with Crippen LogP contribution < -0.4 is 0 Å². The first-order chi connectivity index (χ1) is 7.89. The van der Waals surface area contributed by atoms with Gasteiger partial charge >= 0.3 is 6.16 Å². The second-order valence-electron chi connectivity index (χ2n) is 6.52. The first-order valence-corrected chi connectivity index (χ1v) is 6.18. The topological polar surface area (TPSA) is 65.0 Å². The van der Waals surface area contributed by atoms with Gasteiger partial charge < -0.3 is 9.84 Å². The summed E-state index contributed by atoms with van der Waals surface area (Å²) < 4.78 is 4.68. The van der Waals surface area contributed by atoms with E-state index in [1.54, 1.807) is 6.92 Å². The van der Waals surface area contributed by atoms with Crippen molar-refractivity contribution in [2.75, 3.05) is 0 Å². The highest BCUT2D eigenvalue weighted by Crippen LogP contribution is 2.31. The SMILES string of the molecule is CCC(C)(OOC(C)(C)CC(C)(C)C)OC(=O)O. The summed E-state index contributed by atoms with van der Waals surface area (Å²) in [7, 11) is 0. The van der Waals surface area contributed by atoms with Gasteiger partial charge in [-0.05, 0) is 25.7 Å². The van der Waals surface area contributed by atoms with Gasteiger partial charge in [-0.2, -0.15) is 4.89 Å². The molecule has 108 valence electrons. The Hall–Kier alpha value is -0.810. The van der Waals surface area contributed by atoms with Crippen LogP contribution in [0.4, 0.5) is 4.79 Å². The molecule has 0 aliphatic rings. The molecule has 5 nitrogen and oxygen atoms in total. The van der Waals surface area contributed by atoms with Gasteiger partial charge in [0.1, 0.15) is 0 Å².